The smallest absolute Gasteiger partial charge is 0.381 e. The van der Waals surface area contributed by atoms with E-state index in [4.69, 9.17) is 0 Å². The molecule has 0 aliphatic rings. The average molecular weight is 416 g/mol. The fraction of sp³-hybridized carbons (Fsp3) is 0.263. The summed E-state index contributed by atoms with van der Waals surface area (Å²) in [5.74, 6) is -2.57. The number of aromatic nitrogens is 3. The molecule has 0 amide bonds. The summed E-state index contributed by atoms with van der Waals surface area (Å²) in [6.45, 7) is 5.05. The van der Waals surface area contributed by atoms with Crippen LogP contribution in [0.1, 0.15) is 30.9 Å². The second-order valence-electron chi connectivity index (χ2n) is 5.64. The molecule has 0 bridgehead atoms. The maximum atomic E-state index is 14.4. The van der Waals surface area contributed by atoms with Crippen LogP contribution >= 0.6 is 0 Å². The van der Waals surface area contributed by atoms with E-state index in [0.717, 1.165) is 23.0 Å². The molecule has 0 radical (unpaired) electrons. The van der Waals surface area contributed by atoms with Crippen molar-refractivity contribution >= 4 is 5.69 Å². The third kappa shape index (κ3) is 5.07. The van der Waals surface area contributed by atoms with E-state index < -0.39 is 29.3 Å². The molecule has 3 aromatic rings. The van der Waals surface area contributed by atoms with E-state index >= 15 is 0 Å². The molecule has 0 saturated heterocycles. The number of nitrogens with one attached hydrogen (secondary N) is 1. The molecule has 1 aromatic carbocycles. The molecule has 10 heteroatoms. The highest BCUT2D eigenvalue weighted by Crippen LogP contribution is 2.30. The molecule has 1 N–H and O–H groups in total. The number of nitrogens with zero attached hydrogens (tertiary/aromatic N) is 3. The number of anilines is 1. The fourth-order valence-electron chi connectivity index (χ4n) is 2.46. The molecule has 0 saturated carbocycles. The van der Waals surface area contributed by atoms with Crippen molar-refractivity contribution in [2.75, 3.05) is 5.32 Å². The third-order valence-corrected chi connectivity index (χ3v) is 3.80. The van der Waals surface area contributed by atoms with Crippen LogP contribution in [0, 0.1) is 24.4 Å². The quantitative estimate of drug-likeness (QED) is 0.559. The highest BCUT2D eigenvalue weighted by atomic mass is 19.4. The highest BCUT2D eigenvalue weighted by Gasteiger charge is 2.34. The summed E-state index contributed by atoms with van der Waals surface area (Å²) in [5, 5.41) is 2.65. The predicted octanol–water partition coefficient (Wildman–Crippen LogP) is 5.65. The van der Waals surface area contributed by atoms with Crippen LogP contribution in [0.5, 0.6) is 0 Å². The average Bonchev–Trinajstić information content (AvgIpc) is 3.05. The van der Waals surface area contributed by atoms with E-state index in [9.17, 15) is 26.3 Å². The number of alkyl halides is 3. The van der Waals surface area contributed by atoms with Crippen molar-refractivity contribution in [1.29, 1.82) is 0 Å². The first-order valence-corrected chi connectivity index (χ1v) is 8.61. The van der Waals surface area contributed by atoms with Crippen LogP contribution in [-0.2, 0) is 12.7 Å². The number of hydrogen-bond acceptors (Lipinski definition) is 3. The largest absolute Gasteiger partial charge is 0.434 e. The Hall–Kier alpha value is -3.04. The number of aryl methyl sites for hydroxylation is 1. The summed E-state index contributed by atoms with van der Waals surface area (Å²) in [6, 6.07) is 3.63. The summed E-state index contributed by atoms with van der Waals surface area (Å²) in [4.78, 5) is 6.74. The molecule has 4 nitrogen and oxygen atoms in total. The van der Waals surface area contributed by atoms with Crippen molar-refractivity contribution in [3.05, 3.63) is 71.3 Å². The first kappa shape index (κ1) is 22.3. The zero-order valence-corrected chi connectivity index (χ0v) is 15.8. The minimum Gasteiger partial charge on any atom is -0.381 e. The summed E-state index contributed by atoms with van der Waals surface area (Å²) >= 11 is 0. The van der Waals surface area contributed by atoms with Gasteiger partial charge in [-0.25, -0.2) is 18.2 Å². The minimum absolute atomic E-state index is 0.0390. The van der Waals surface area contributed by atoms with E-state index in [0.29, 0.717) is 6.20 Å². The molecule has 2 heterocycles. The van der Waals surface area contributed by atoms with E-state index in [1.807, 2.05) is 13.8 Å². The molecule has 29 heavy (non-hydrogen) atoms. The Labute approximate surface area is 163 Å². The van der Waals surface area contributed by atoms with Crippen molar-refractivity contribution in [1.82, 2.24) is 14.5 Å². The van der Waals surface area contributed by atoms with Crippen LogP contribution in [0.25, 0.3) is 5.69 Å². The lowest BCUT2D eigenvalue weighted by Crippen LogP contribution is -2.06. The Kier molecular flexibility index (Phi) is 6.89. The molecule has 0 fully saturated rings. The number of rotatable bonds is 4. The summed E-state index contributed by atoms with van der Waals surface area (Å²) < 4.78 is 80.7. The molecule has 0 spiro atoms. The van der Waals surface area contributed by atoms with Crippen LogP contribution in [0.3, 0.4) is 0 Å². The Morgan fingerprint density at radius 2 is 1.62 bits per heavy atom. The van der Waals surface area contributed by atoms with Gasteiger partial charge in [-0.2, -0.15) is 13.2 Å². The van der Waals surface area contributed by atoms with Gasteiger partial charge in [0.25, 0.3) is 0 Å². The summed E-state index contributed by atoms with van der Waals surface area (Å²) in [5.41, 5.74) is -1.34. The van der Waals surface area contributed by atoms with Gasteiger partial charge >= 0.3 is 6.18 Å². The van der Waals surface area contributed by atoms with Crippen molar-refractivity contribution < 1.29 is 26.3 Å². The van der Waals surface area contributed by atoms with Gasteiger partial charge < -0.3 is 9.88 Å². The zero-order chi connectivity index (χ0) is 21.8. The Morgan fingerprint density at radius 3 is 2.14 bits per heavy atom. The molecule has 0 aliphatic carbocycles. The lowest BCUT2D eigenvalue weighted by atomic mass is 10.2. The van der Waals surface area contributed by atoms with Crippen molar-refractivity contribution in [2.45, 2.75) is 33.5 Å². The first-order valence-electron chi connectivity index (χ1n) is 8.61. The van der Waals surface area contributed by atoms with Gasteiger partial charge in [0.1, 0.15) is 23.3 Å². The van der Waals surface area contributed by atoms with Gasteiger partial charge in [-0.05, 0) is 25.1 Å². The second kappa shape index (κ2) is 8.97. The van der Waals surface area contributed by atoms with E-state index in [1.54, 1.807) is 0 Å². The monoisotopic (exact) mass is 416 g/mol. The second-order valence-corrected chi connectivity index (χ2v) is 5.64. The Bertz CT molecular complexity index is 961. The lowest BCUT2D eigenvalue weighted by Gasteiger charge is -2.11. The normalized spacial score (nSPS) is 11.1. The minimum atomic E-state index is -4.65. The molecule has 0 aliphatic heterocycles. The molecule has 0 unspecified atom stereocenters. The number of halogens is 6. The lowest BCUT2D eigenvalue weighted by molar-refractivity contribution is -0.141. The van der Waals surface area contributed by atoms with E-state index in [2.05, 4.69) is 15.3 Å². The molecular weight excluding hydrogens is 398 g/mol. The van der Waals surface area contributed by atoms with E-state index in [1.165, 1.54) is 19.1 Å². The summed E-state index contributed by atoms with van der Waals surface area (Å²) in [6.07, 6.45) is -2.25. The topological polar surface area (TPSA) is 42.7 Å². The highest BCUT2D eigenvalue weighted by molar-refractivity contribution is 5.50. The maximum Gasteiger partial charge on any atom is 0.434 e. The van der Waals surface area contributed by atoms with Crippen molar-refractivity contribution in [2.24, 2.45) is 0 Å². The van der Waals surface area contributed by atoms with Crippen LogP contribution in [0.2, 0.25) is 0 Å². The first-order chi connectivity index (χ1) is 13.7. The zero-order valence-electron chi connectivity index (χ0n) is 15.8. The van der Waals surface area contributed by atoms with Gasteiger partial charge in [0.2, 0.25) is 0 Å². The van der Waals surface area contributed by atoms with Crippen LogP contribution in [0.4, 0.5) is 32.0 Å². The van der Waals surface area contributed by atoms with Crippen molar-refractivity contribution in [3.63, 3.8) is 0 Å². The molecule has 3 rings (SSSR count). The molecule has 2 aromatic heterocycles. The number of benzene rings is 1. The maximum absolute atomic E-state index is 14.4. The predicted molar refractivity (Wildman–Crippen MR) is 96.1 cm³/mol. The number of hydrogen-bond donors (Lipinski definition) is 1. The Balaban J connectivity index is 0.00000145. The van der Waals surface area contributed by atoms with E-state index in [-0.39, 0.29) is 29.3 Å². The number of pyridine rings is 1. The van der Waals surface area contributed by atoms with Crippen LogP contribution in [0.15, 0.2) is 36.8 Å². The van der Waals surface area contributed by atoms with Crippen LogP contribution in [-0.4, -0.2) is 14.5 Å². The van der Waals surface area contributed by atoms with Crippen molar-refractivity contribution in [3.8, 4) is 5.69 Å². The number of imidazole rings is 1. The Morgan fingerprint density at radius 1 is 1.00 bits per heavy atom. The van der Waals surface area contributed by atoms with Gasteiger partial charge in [0.05, 0.1) is 18.1 Å². The summed E-state index contributed by atoms with van der Waals surface area (Å²) in [7, 11) is 0. The van der Waals surface area contributed by atoms with Crippen LogP contribution < -0.4 is 5.32 Å². The third-order valence-electron chi connectivity index (χ3n) is 3.80. The fourth-order valence-corrected chi connectivity index (χ4v) is 2.46. The van der Waals surface area contributed by atoms with Gasteiger partial charge in [-0.1, -0.05) is 13.8 Å². The van der Waals surface area contributed by atoms with Gasteiger partial charge in [-0.3, -0.25) is 4.98 Å². The molecule has 0 atom stereocenters. The molecule has 156 valence electrons. The van der Waals surface area contributed by atoms with Gasteiger partial charge in [0, 0.05) is 24.0 Å². The van der Waals surface area contributed by atoms with Gasteiger partial charge in [-0.15, -0.1) is 0 Å². The van der Waals surface area contributed by atoms with Gasteiger partial charge in [0.15, 0.2) is 5.69 Å². The molecular formula is C19H18F6N4. The SMILES string of the molecule is CC.Cc1nc(C(F)(F)F)cn1-c1ccc(NCc2c(F)cncc2F)cc1F. The standard InChI is InChI=1S/C17H12F6N4.C2H6/c1-9-26-16(17(21,22)23)8-27(9)15-3-2-10(4-12(15)18)25-5-11-13(19)6-24-7-14(11)20;1-2/h2-4,6-8,25H,5H2,1H3;1-2H3.